The zero-order valence-electron chi connectivity index (χ0n) is 20.3. The highest BCUT2D eigenvalue weighted by Gasteiger charge is 2.73. The van der Waals surface area contributed by atoms with Gasteiger partial charge in [-0.3, -0.25) is 9.69 Å². The van der Waals surface area contributed by atoms with Crippen molar-refractivity contribution in [3.63, 3.8) is 0 Å². The summed E-state index contributed by atoms with van der Waals surface area (Å²) in [4.78, 5) is 18.1. The lowest BCUT2D eigenvalue weighted by Crippen LogP contribution is -2.78. The maximum Gasteiger partial charge on any atom is 0.226 e. The summed E-state index contributed by atoms with van der Waals surface area (Å²) in [5.41, 5.74) is 0.864. The van der Waals surface area contributed by atoms with Gasteiger partial charge in [-0.05, 0) is 75.5 Å². The zero-order chi connectivity index (χ0) is 23.2. The first-order valence-corrected chi connectivity index (χ1v) is 13.8. The Morgan fingerprint density at radius 2 is 2.00 bits per heavy atom. The molecule has 0 radical (unpaired) electrons. The van der Waals surface area contributed by atoms with E-state index in [0.717, 1.165) is 76.1 Å². The molecular formula is C28H38N2O4. The van der Waals surface area contributed by atoms with Crippen molar-refractivity contribution in [2.24, 2.45) is 11.8 Å². The average Bonchev–Trinajstić information content (AvgIpc) is 3.46. The van der Waals surface area contributed by atoms with E-state index in [1.165, 1.54) is 18.4 Å². The number of hydrogen-bond acceptors (Lipinski definition) is 5. The average molecular weight is 467 g/mol. The number of nitrogens with zero attached hydrogens (tertiary/aromatic N) is 2. The Morgan fingerprint density at radius 1 is 1.15 bits per heavy atom. The molecule has 2 saturated heterocycles. The second kappa shape index (κ2) is 7.36. The van der Waals surface area contributed by atoms with E-state index in [1.807, 2.05) is 0 Å². The van der Waals surface area contributed by atoms with E-state index in [4.69, 9.17) is 4.74 Å². The second-order valence-corrected chi connectivity index (χ2v) is 12.1. The molecule has 7 rings (SSSR count). The summed E-state index contributed by atoms with van der Waals surface area (Å²) in [6.07, 6.45) is 9.57. The van der Waals surface area contributed by atoms with Crippen LogP contribution in [0.25, 0.3) is 0 Å². The van der Waals surface area contributed by atoms with Gasteiger partial charge in [-0.25, -0.2) is 0 Å². The Hall–Kier alpha value is -1.79. The number of likely N-dealkylation sites (tertiary alicyclic amines) is 2. The molecular weight excluding hydrogens is 428 g/mol. The molecule has 1 aromatic rings. The van der Waals surface area contributed by atoms with E-state index in [-0.39, 0.29) is 35.8 Å². The lowest BCUT2D eigenvalue weighted by Gasteiger charge is -2.64. The minimum Gasteiger partial charge on any atom is -0.504 e. The van der Waals surface area contributed by atoms with Gasteiger partial charge >= 0.3 is 0 Å². The number of aliphatic hydroxyl groups is 1. The molecule has 0 aromatic heterocycles. The van der Waals surface area contributed by atoms with Crippen molar-refractivity contribution < 1.29 is 19.7 Å². The maximum atomic E-state index is 13.5. The predicted molar refractivity (Wildman–Crippen MR) is 128 cm³/mol. The van der Waals surface area contributed by atoms with Crippen LogP contribution < -0.4 is 4.74 Å². The summed E-state index contributed by atoms with van der Waals surface area (Å²) in [7, 11) is 0. The SMILES string of the molecule is CCCCC1CCN([C@@H]2CC[C@@]3(O)[C@@H]4Cc5ccc(O)c6c5[C@@]3(CCN4CC3CC3)[C@H]2O6)C1=O. The van der Waals surface area contributed by atoms with E-state index in [1.54, 1.807) is 6.07 Å². The van der Waals surface area contributed by atoms with Gasteiger partial charge in [0, 0.05) is 30.6 Å². The Bertz CT molecular complexity index is 1020. The number of phenols is 1. The largest absolute Gasteiger partial charge is 0.504 e. The Labute approximate surface area is 202 Å². The highest BCUT2D eigenvalue weighted by molar-refractivity contribution is 5.81. The monoisotopic (exact) mass is 466 g/mol. The molecule has 2 saturated carbocycles. The lowest BCUT2D eigenvalue weighted by molar-refractivity contribution is -0.200. The molecule has 6 atom stereocenters. The van der Waals surface area contributed by atoms with E-state index in [0.29, 0.717) is 12.2 Å². The maximum absolute atomic E-state index is 13.5. The molecule has 1 aromatic carbocycles. The summed E-state index contributed by atoms with van der Waals surface area (Å²) in [6, 6.07) is 3.88. The van der Waals surface area contributed by atoms with E-state index < -0.39 is 11.0 Å². The molecule has 2 bridgehead atoms. The number of rotatable bonds is 6. The van der Waals surface area contributed by atoms with Gasteiger partial charge in [-0.15, -0.1) is 0 Å². The van der Waals surface area contributed by atoms with Crippen LogP contribution >= 0.6 is 0 Å². The van der Waals surface area contributed by atoms with Gasteiger partial charge in [-0.1, -0.05) is 25.8 Å². The number of unbranched alkanes of at least 4 members (excludes halogenated alkanes) is 1. The number of amides is 1. The summed E-state index contributed by atoms with van der Waals surface area (Å²) in [5, 5.41) is 23.4. The van der Waals surface area contributed by atoms with Crippen molar-refractivity contribution >= 4 is 5.91 Å². The molecule has 184 valence electrons. The highest BCUT2D eigenvalue weighted by atomic mass is 16.5. The Kier molecular flexibility index (Phi) is 4.65. The van der Waals surface area contributed by atoms with Crippen LogP contribution in [0, 0.1) is 11.8 Å². The van der Waals surface area contributed by atoms with Crippen LogP contribution in [0.1, 0.15) is 75.8 Å². The van der Waals surface area contributed by atoms with Gasteiger partial charge in [0.15, 0.2) is 11.5 Å². The number of carbonyl (C=O) groups excluding carboxylic acids is 1. The number of phenolic OH excluding ortho intramolecular Hbond substituents is 1. The number of piperidine rings is 1. The Morgan fingerprint density at radius 3 is 2.79 bits per heavy atom. The van der Waals surface area contributed by atoms with Gasteiger partial charge < -0.3 is 19.8 Å². The van der Waals surface area contributed by atoms with Crippen LogP contribution in [-0.2, 0) is 16.6 Å². The lowest BCUT2D eigenvalue weighted by atomic mass is 9.48. The van der Waals surface area contributed by atoms with Crippen LogP contribution in [0.5, 0.6) is 11.5 Å². The van der Waals surface area contributed by atoms with E-state index in [9.17, 15) is 15.0 Å². The van der Waals surface area contributed by atoms with Crippen molar-refractivity contribution in [1.29, 1.82) is 0 Å². The van der Waals surface area contributed by atoms with Crippen molar-refractivity contribution in [2.75, 3.05) is 19.6 Å². The molecule has 1 amide bonds. The van der Waals surface area contributed by atoms with Crippen molar-refractivity contribution in [2.45, 2.75) is 100 Å². The van der Waals surface area contributed by atoms with Gasteiger partial charge in [0.2, 0.25) is 5.91 Å². The van der Waals surface area contributed by atoms with Crippen molar-refractivity contribution in [3.8, 4) is 11.5 Å². The Balaban J connectivity index is 1.29. The number of hydrogen-bond donors (Lipinski definition) is 2. The number of benzene rings is 1. The molecule has 6 aliphatic rings. The fourth-order valence-corrected chi connectivity index (χ4v) is 8.59. The molecule has 4 fully saturated rings. The zero-order valence-corrected chi connectivity index (χ0v) is 20.3. The van der Waals surface area contributed by atoms with Crippen LogP contribution in [0.2, 0.25) is 0 Å². The second-order valence-electron chi connectivity index (χ2n) is 12.1. The van der Waals surface area contributed by atoms with E-state index in [2.05, 4.69) is 22.8 Å². The quantitative estimate of drug-likeness (QED) is 0.673. The van der Waals surface area contributed by atoms with Crippen LogP contribution in [0.15, 0.2) is 12.1 Å². The van der Waals surface area contributed by atoms with Crippen LogP contribution in [-0.4, -0.2) is 69.3 Å². The van der Waals surface area contributed by atoms with Gasteiger partial charge in [0.1, 0.15) is 6.10 Å². The predicted octanol–water partition coefficient (Wildman–Crippen LogP) is 3.36. The topological polar surface area (TPSA) is 73.2 Å². The van der Waals surface area contributed by atoms with Crippen LogP contribution in [0.3, 0.4) is 0 Å². The van der Waals surface area contributed by atoms with Gasteiger partial charge in [0.05, 0.1) is 17.1 Å². The molecule has 1 spiro atoms. The first-order chi connectivity index (χ1) is 16.5. The highest BCUT2D eigenvalue weighted by Crippen LogP contribution is 2.66. The van der Waals surface area contributed by atoms with Crippen molar-refractivity contribution in [3.05, 3.63) is 23.3 Å². The third-order valence-electron chi connectivity index (χ3n) is 10.4. The van der Waals surface area contributed by atoms with Crippen molar-refractivity contribution in [1.82, 2.24) is 9.80 Å². The molecule has 6 nitrogen and oxygen atoms in total. The van der Waals surface area contributed by atoms with Crippen LogP contribution in [0.4, 0.5) is 0 Å². The summed E-state index contributed by atoms with van der Waals surface area (Å²) in [6.45, 7) is 5.01. The molecule has 2 N–H and O–H groups in total. The molecule has 34 heavy (non-hydrogen) atoms. The molecule has 1 unspecified atom stereocenters. The summed E-state index contributed by atoms with van der Waals surface area (Å²) >= 11 is 0. The third-order valence-corrected chi connectivity index (χ3v) is 10.4. The minimum absolute atomic E-state index is 0.0345. The molecule has 3 aliphatic carbocycles. The third kappa shape index (κ3) is 2.67. The fourth-order valence-electron chi connectivity index (χ4n) is 8.59. The number of ether oxygens (including phenoxy) is 1. The fraction of sp³-hybridized carbons (Fsp3) is 0.750. The van der Waals surface area contributed by atoms with Gasteiger partial charge in [0.25, 0.3) is 0 Å². The van der Waals surface area contributed by atoms with E-state index >= 15 is 0 Å². The summed E-state index contributed by atoms with van der Waals surface area (Å²) in [5.74, 6) is 1.95. The smallest absolute Gasteiger partial charge is 0.226 e. The van der Waals surface area contributed by atoms with Gasteiger partial charge in [-0.2, -0.15) is 0 Å². The summed E-state index contributed by atoms with van der Waals surface area (Å²) < 4.78 is 6.67. The number of aromatic hydroxyl groups is 1. The number of carbonyl (C=O) groups is 1. The molecule has 3 heterocycles. The molecule has 6 heteroatoms. The normalized spacial score (nSPS) is 40.4. The minimum atomic E-state index is -0.877. The first kappa shape index (κ1) is 21.5. The standard InChI is InChI=1S/C28H38N2O4/c1-2-3-4-18-10-13-30(26(18)32)20-9-11-28(33)22-15-19-7-8-21(31)24-23(19)27(28,25(20)34-24)12-14-29(22)16-17-5-6-17/h7-8,17-18,20,22,25,31,33H,2-6,9-16H2,1H3/t18?,20-,22+,25+,27+,28-/m1/s1. The molecule has 3 aliphatic heterocycles. The first-order valence-electron chi connectivity index (χ1n) is 13.8.